The normalized spacial score (nSPS) is 27.1. The lowest BCUT2D eigenvalue weighted by molar-refractivity contribution is 0.0216. The lowest BCUT2D eigenvalue weighted by Crippen LogP contribution is -2.39. The van der Waals surface area contributed by atoms with Crippen molar-refractivity contribution in [3.63, 3.8) is 0 Å². The molecule has 0 bridgehead atoms. The molecule has 1 fully saturated rings. The highest BCUT2D eigenvalue weighted by Crippen LogP contribution is 2.19. The van der Waals surface area contributed by atoms with Crippen LogP contribution in [0.3, 0.4) is 0 Å². The van der Waals surface area contributed by atoms with Crippen LogP contribution >= 0.6 is 0 Å². The molecule has 0 spiro atoms. The molecule has 0 radical (unpaired) electrons. The molecule has 1 aromatic rings. The number of benzene rings is 1. The molecule has 3 N–H and O–H groups in total. The van der Waals surface area contributed by atoms with Crippen LogP contribution in [0.4, 0.5) is 0 Å². The molecule has 1 saturated heterocycles. The van der Waals surface area contributed by atoms with Gasteiger partial charge in [-0.3, -0.25) is 4.90 Å². The lowest BCUT2D eigenvalue weighted by Gasteiger charge is -2.23. The minimum absolute atomic E-state index is 0.0950. The number of aryl methyl sites for hydroxylation is 1. The molecular formula is C16H25NO3. The fourth-order valence-electron chi connectivity index (χ4n) is 2.90. The largest absolute Gasteiger partial charge is 0.395 e. The zero-order chi connectivity index (χ0) is 14.4. The smallest absolute Gasteiger partial charge is 0.0988 e. The summed E-state index contributed by atoms with van der Waals surface area (Å²) in [4.78, 5) is 2.00. The molecule has 1 aliphatic heterocycles. The van der Waals surface area contributed by atoms with Gasteiger partial charge in [-0.15, -0.1) is 0 Å². The number of β-amino-alcohol motifs (C(OH)–C–C–N with tert-alkyl or cyclic N) is 1. The van der Waals surface area contributed by atoms with Crippen molar-refractivity contribution in [3.05, 3.63) is 35.9 Å². The summed E-state index contributed by atoms with van der Waals surface area (Å²) in [5.41, 5.74) is 1.37. The van der Waals surface area contributed by atoms with Crippen LogP contribution in [0.1, 0.15) is 24.8 Å². The van der Waals surface area contributed by atoms with Gasteiger partial charge in [-0.1, -0.05) is 36.8 Å². The van der Waals surface area contributed by atoms with Crippen molar-refractivity contribution in [3.8, 4) is 0 Å². The molecule has 0 saturated carbocycles. The van der Waals surface area contributed by atoms with E-state index < -0.39 is 12.2 Å². The third-order valence-corrected chi connectivity index (χ3v) is 4.12. The summed E-state index contributed by atoms with van der Waals surface area (Å²) in [6, 6.07) is 10.1. The first-order valence-electron chi connectivity index (χ1n) is 7.47. The van der Waals surface area contributed by atoms with Crippen LogP contribution < -0.4 is 0 Å². The minimum Gasteiger partial charge on any atom is -0.395 e. The van der Waals surface area contributed by atoms with Crippen molar-refractivity contribution in [2.24, 2.45) is 0 Å². The molecule has 0 aromatic heterocycles. The van der Waals surface area contributed by atoms with Crippen LogP contribution in [0.2, 0.25) is 0 Å². The number of nitrogens with zero attached hydrogens (tertiary/aromatic N) is 1. The Morgan fingerprint density at radius 3 is 2.50 bits per heavy atom. The average molecular weight is 279 g/mol. The van der Waals surface area contributed by atoms with Gasteiger partial charge in [-0.05, 0) is 31.4 Å². The van der Waals surface area contributed by atoms with E-state index in [1.54, 1.807) is 0 Å². The number of unbranched alkanes of at least 4 members (excludes halogenated alkanes) is 2. The van der Waals surface area contributed by atoms with Crippen molar-refractivity contribution < 1.29 is 15.3 Å². The van der Waals surface area contributed by atoms with Gasteiger partial charge in [0.15, 0.2) is 0 Å². The predicted molar refractivity (Wildman–Crippen MR) is 78.5 cm³/mol. The second-order valence-electron chi connectivity index (χ2n) is 5.60. The Morgan fingerprint density at radius 2 is 1.80 bits per heavy atom. The highest BCUT2D eigenvalue weighted by Gasteiger charge is 2.38. The van der Waals surface area contributed by atoms with E-state index in [0.717, 1.165) is 32.2 Å². The van der Waals surface area contributed by atoms with E-state index in [-0.39, 0.29) is 12.6 Å². The van der Waals surface area contributed by atoms with E-state index in [1.165, 1.54) is 5.56 Å². The Bertz CT molecular complexity index is 385. The minimum atomic E-state index is -0.815. The average Bonchev–Trinajstić information content (AvgIpc) is 2.74. The first-order valence-corrected chi connectivity index (χ1v) is 7.47. The van der Waals surface area contributed by atoms with Gasteiger partial charge in [-0.2, -0.15) is 0 Å². The summed E-state index contributed by atoms with van der Waals surface area (Å²) in [6.07, 6.45) is 2.85. The second kappa shape index (κ2) is 7.74. The van der Waals surface area contributed by atoms with E-state index in [0.29, 0.717) is 6.54 Å². The number of hydrogen-bond acceptors (Lipinski definition) is 4. The van der Waals surface area contributed by atoms with Crippen molar-refractivity contribution in [1.82, 2.24) is 4.90 Å². The van der Waals surface area contributed by atoms with Crippen molar-refractivity contribution in [2.45, 2.75) is 43.9 Å². The zero-order valence-corrected chi connectivity index (χ0v) is 11.9. The van der Waals surface area contributed by atoms with Gasteiger partial charge in [0.05, 0.1) is 24.9 Å². The summed E-state index contributed by atoms with van der Waals surface area (Å²) < 4.78 is 0. The third-order valence-electron chi connectivity index (χ3n) is 4.12. The molecule has 4 heteroatoms. The molecule has 0 amide bonds. The molecule has 0 unspecified atom stereocenters. The van der Waals surface area contributed by atoms with Crippen LogP contribution in [0.25, 0.3) is 0 Å². The van der Waals surface area contributed by atoms with Crippen molar-refractivity contribution >= 4 is 0 Å². The first-order chi connectivity index (χ1) is 9.72. The Morgan fingerprint density at radius 1 is 1.05 bits per heavy atom. The molecule has 1 aliphatic rings. The second-order valence-corrected chi connectivity index (χ2v) is 5.60. The van der Waals surface area contributed by atoms with E-state index in [9.17, 15) is 15.3 Å². The van der Waals surface area contributed by atoms with Gasteiger partial charge in [-0.25, -0.2) is 0 Å². The lowest BCUT2D eigenvalue weighted by atomic mass is 10.1. The number of aliphatic hydroxyl groups is 3. The molecule has 0 aliphatic carbocycles. The topological polar surface area (TPSA) is 63.9 Å². The number of likely N-dealkylation sites (tertiary alicyclic amines) is 1. The van der Waals surface area contributed by atoms with Crippen LogP contribution in [-0.4, -0.2) is 58.2 Å². The quantitative estimate of drug-likeness (QED) is 0.646. The van der Waals surface area contributed by atoms with Crippen molar-refractivity contribution in [1.29, 1.82) is 0 Å². The maximum Gasteiger partial charge on any atom is 0.0988 e. The Hall–Kier alpha value is -0.940. The number of rotatable bonds is 7. The Labute approximate surface area is 120 Å². The zero-order valence-electron chi connectivity index (χ0n) is 11.9. The third kappa shape index (κ3) is 4.03. The summed E-state index contributed by atoms with van der Waals surface area (Å²) in [5.74, 6) is 0. The van der Waals surface area contributed by atoms with Gasteiger partial charge in [0, 0.05) is 6.54 Å². The number of aliphatic hydroxyl groups excluding tert-OH is 3. The highest BCUT2D eigenvalue weighted by molar-refractivity contribution is 5.14. The monoisotopic (exact) mass is 279 g/mol. The fraction of sp³-hybridized carbons (Fsp3) is 0.625. The SMILES string of the molecule is OC[C@@H]1[C@@H](O)[C@H](O)CN1CCCCCc1ccccc1. The molecule has 1 aromatic carbocycles. The molecule has 20 heavy (non-hydrogen) atoms. The van der Waals surface area contributed by atoms with Gasteiger partial charge < -0.3 is 15.3 Å². The Balaban J connectivity index is 1.64. The summed E-state index contributed by atoms with van der Waals surface area (Å²) in [6.45, 7) is 1.20. The van der Waals surface area contributed by atoms with Gasteiger partial charge in [0.25, 0.3) is 0 Å². The van der Waals surface area contributed by atoms with E-state index in [4.69, 9.17) is 0 Å². The molecule has 2 rings (SSSR count). The molecular weight excluding hydrogens is 254 g/mol. The number of hydrogen-bond donors (Lipinski definition) is 3. The first kappa shape index (κ1) is 15.4. The summed E-state index contributed by atoms with van der Waals surface area (Å²) >= 11 is 0. The molecule has 1 heterocycles. The Kier molecular flexibility index (Phi) is 5.98. The van der Waals surface area contributed by atoms with E-state index >= 15 is 0 Å². The summed E-state index contributed by atoms with van der Waals surface area (Å²) in [5, 5.41) is 28.6. The molecule has 3 atom stereocenters. The van der Waals surface area contributed by atoms with E-state index in [1.807, 2.05) is 11.0 Å². The maximum atomic E-state index is 9.73. The van der Waals surface area contributed by atoms with Crippen LogP contribution in [0, 0.1) is 0 Å². The van der Waals surface area contributed by atoms with Gasteiger partial charge in [0.2, 0.25) is 0 Å². The molecule has 112 valence electrons. The van der Waals surface area contributed by atoms with Crippen LogP contribution in [-0.2, 0) is 6.42 Å². The van der Waals surface area contributed by atoms with Crippen LogP contribution in [0.15, 0.2) is 30.3 Å². The highest BCUT2D eigenvalue weighted by atomic mass is 16.3. The van der Waals surface area contributed by atoms with E-state index in [2.05, 4.69) is 24.3 Å². The fourth-order valence-corrected chi connectivity index (χ4v) is 2.90. The predicted octanol–water partition coefficient (Wildman–Crippen LogP) is 0.798. The van der Waals surface area contributed by atoms with Gasteiger partial charge in [0.1, 0.15) is 0 Å². The summed E-state index contributed by atoms with van der Waals surface area (Å²) in [7, 11) is 0. The standard InChI is InChI=1S/C16H25NO3/c18-12-14-16(20)15(19)11-17(14)10-6-2-5-9-13-7-3-1-4-8-13/h1,3-4,7-8,14-16,18-20H,2,5-6,9-12H2/t14-,15-,16-/m1/s1. The van der Waals surface area contributed by atoms with Crippen molar-refractivity contribution in [2.75, 3.05) is 19.7 Å². The van der Waals surface area contributed by atoms with Gasteiger partial charge >= 0.3 is 0 Å². The molecule has 4 nitrogen and oxygen atoms in total. The van der Waals surface area contributed by atoms with Crippen LogP contribution in [0.5, 0.6) is 0 Å². The maximum absolute atomic E-state index is 9.73.